The molecule has 0 aromatic rings. The molecule has 0 bridgehead atoms. The summed E-state index contributed by atoms with van der Waals surface area (Å²) >= 11 is 28.8. The van der Waals surface area contributed by atoms with Gasteiger partial charge in [-0.3, -0.25) is 4.79 Å². The van der Waals surface area contributed by atoms with E-state index in [1.165, 1.54) is 6.92 Å². The lowest BCUT2D eigenvalue weighted by Gasteiger charge is -1.89. The quantitative estimate of drug-likeness (QED) is 0.565. The summed E-state index contributed by atoms with van der Waals surface area (Å²) in [6.07, 6.45) is 0. The molecule has 0 saturated carbocycles. The summed E-state index contributed by atoms with van der Waals surface area (Å²) in [5.41, 5.74) is 0. The van der Waals surface area contributed by atoms with E-state index >= 15 is 0 Å². The van der Waals surface area contributed by atoms with Gasteiger partial charge < -0.3 is 9.84 Å². The maximum atomic E-state index is 9.82. The zero-order chi connectivity index (χ0) is 14.1. The van der Waals surface area contributed by atoms with Crippen LogP contribution >= 0.6 is 69.6 Å². The van der Waals surface area contributed by atoms with Crippen LogP contribution in [-0.4, -0.2) is 33.4 Å². The highest BCUT2D eigenvalue weighted by Gasteiger charge is 1.81. The second-order valence-corrected chi connectivity index (χ2v) is 5.38. The van der Waals surface area contributed by atoms with E-state index in [4.69, 9.17) is 74.7 Å². The van der Waals surface area contributed by atoms with Crippen molar-refractivity contribution >= 4 is 75.6 Å². The van der Waals surface area contributed by atoms with Crippen LogP contribution in [0.2, 0.25) is 0 Å². The summed E-state index contributed by atoms with van der Waals surface area (Å²) in [5.74, 6) is -0.211. The van der Waals surface area contributed by atoms with Gasteiger partial charge in [-0.25, -0.2) is 0 Å². The highest BCUT2D eigenvalue weighted by Crippen LogP contribution is 2.04. The number of carbonyl (C=O) groups excluding carboxylic acids is 1. The molecule has 0 heterocycles. The van der Waals surface area contributed by atoms with Gasteiger partial charge in [-0.15, -0.1) is 0 Å². The fourth-order valence-electron chi connectivity index (χ4n) is 0.203. The summed E-state index contributed by atoms with van der Waals surface area (Å²) < 4.78 is 2.90. The zero-order valence-electron chi connectivity index (χ0n) is 8.89. The number of alkyl halides is 6. The molecule has 0 spiro atoms. The second-order valence-electron chi connectivity index (χ2n) is 1.42. The fourth-order valence-corrected chi connectivity index (χ4v) is 0.203. The van der Waals surface area contributed by atoms with Crippen molar-refractivity contribution in [2.75, 3.05) is 13.7 Å². The molecule has 0 rings (SSSR count). The molecule has 0 amide bonds. The van der Waals surface area contributed by atoms with Crippen LogP contribution < -0.4 is 0 Å². The average molecular weight is 359 g/mol. The van der Waals surface area contributed by atoms with Gasteiger partial charge in [0.05, 0.1) is 6.61 Å². The predicted molar refractivity (Wildman–Crippen MR) is 73.1 cm³/mol. The number of carbonyl (C=O) groups is 1. The lowest BCUT2D eigenvalue weighted by atomic mass is 10.8. The Bertz CT molecular complexity index is 111. The number of aliphatic hydroxyl groups is 1. The van der Waals surface area contributed by atoms with Gasteiger partial charge in [0.25, 0.3) is 0 Å². The number of rotatable bonds is 1. The third-order valence-electron chi connectivity index (χ3n) is 0.348. The van der Waals surface area contributed by atoms with E-state index in [2.05, 4.69) is 4.74 Å². The molecular weight excluding hydrogens is 345 g/mol. The Morgan fingerprint density at radius 1 is 1.06 bits per heavy atom. The third-order valence-corrected chi connectivity index (χ3v) is 0.348. The van der Waals surface area contributed by atoms with Crippen molar-refractivity contribution in [3.8, 4) is 0 Å². The van der Waals surface area contributed by atoms with E-state index in [0.717, 1.165) is 7.11 Å². The van der Waals surface area contributed by atoms with Crippen LogP contribution in [0.1, 0.15) is 13.8 Å². The van der Waals surface area contributed by atoms with Crippen molar-refractivity contribution in [1.29, 1.82) is 0 Å². The van der Waals surface area contributed by atoms with Gasteiger partial charge in [0, 0.05) is 14.0 Å². The first-order chi connectivity index (χ1) is 7.23. The minimum Gasteiger partial charge on any atom is -0.466 e. The Labute approximate surface area is 126 Å². The van der Waals surface area contributed by atoms with E-state index in [1.54, 1.807) is 6.92 Å². The van der Waals surface area contributed by atoms with Crippen LogP contribution in [0.5, 0.6) is 0 Å². The number of hydrogen-bond acceptors (Lipinski definition) is 3. The van der Waals surface area contributed by atoms with Gasteiger partial charge in [-0.05, 0) is 6.92 Å². The number of esters is 1. The fraction of sp³-hybridized carbons (Fsp3) is 0.857. The number of halogens is 6. The van der Waals surface area contributed by atoms with E-state index in [-0.39, 0.29) is 5.97 Å². The van der Waals surface area contributed by atoms with Gasteiger partial charge in [0.15, 0.2) is 8.59 Å². The average Bonchev–Trinajstić information content (AvgIpc) is 2.05. The third kappa shape index (κ3) is 175. The Morgan fingerprint density at radius 2 is 1.25 bits per heavy atom. The summed E-state index contributed by atoms with van der Waals surface area (Å²) in [5, 5.41) is 7.00. The number of aliphatic hydroxyl groups excluding tert-OH is 1. The first-order valence-electron chi connectivity index (χ1n) is 3.66. The van der Waals surface area contributed by atoms with Crippen LogP contribution in [0.15, 0.2) is 0 Å². The smallest absolute Gasteiger partial charge is 0.302 e. The van der Waals surface area contributed by atoms with Gasteiger partial charge in [0.2, 0.25) is 0 Å². The van der Waals surface area contributed by atoms with Crippen LogP contribution in [0, 0.1) is 0 Å². The second kappa shape index (κ2) is 25.1. The van der Waals surface area contributed by atoms with Crippen LogP contribution in [-0.2, 0) is 9.53 Å². The number of ether oxygens (including phenoxy) is 1. The van der Waals surface area contributed by atoms with Gasteiger partial charge in [-0.1, -0.05) is 69.6 Å². The van der Waals surface area contributed by atoms with Crippen molar-refractivity contribution in [2.45, 2.75) is 22.4 Å². The maximum Gasteiger partial charge on any atom is 0.302 e. The van der Waals surface area contributed by atoms with Crippen LogP contribution in [0.4, 0.5) is 0 Å². The first-order valence-corrected chi connectivity index (χ1v) is 6.28. The summed E-state index contributed by atoms with van der Waals surface area (Å²) in [4.78, 5) is 9.82. The van der Waals surface area contributed by atoms with Gasteiger partial charge in [-0.2, -0.15) is 0 Å². The minimum atomic E-state index is -0.750. The highest BCUT2D eigenvalue weighted by molar-refractivity contribution is 6.63. The molecule has 3 nitrogen and oxygen atoms in total. The molecule has 0 aliphatic carbocycles. The molecule has 0 fully saturated rings. The Hall–Kier alpha value is 1.17. The van der Waals surface area contributed by atoms with Crippen molar-refractivity contribution in [3.63, 3.8) is 0 Å². The molecule has 0 aliphatic rings. The standard InChI is InChI=1S/C4H8O2.2CHCl3.CH4O/c1-3-6-4(2)5;2*2-1(3)4;1-2/h3H2,1-2H3;2*1H;2H,1H3. The summed E-state index contributed by atoms with van der Waals surface area (Å²) in [6.45, 7) is 3.65. The van der Waals surface area contributed by atoms with E-state index in [9.17, 15) is 4.79 Å². The highest BCUT2D eigenvalue weighted by atomic mass is 35.6. The molecular formula is C7H14Cl6O3. The van der Waals surface area contributed by atoms with Crippen molar-refractivity contribution in [1.82, 2.24) is 0 Å². The molecule has 102 valence electrons. The largest absolute Gasteiger partial charge is 0.466 e. The lowest BCUT2D eigenvalue weighted by Crippen LogP contribution is -1.95. The zero-order valence-corrected chi connectivity index (χ0v) is 13.4. The van der Waals surface area contributed by atoms with Crippen molar-refractivity contribution < 1.29 is 14.6 Å². The summed E-state index contributed by atoms with van der Waals surface area (Å²) in [6, 6.07) is 0. The van der Waals surface area contributed by atoms with E-state index in [0.29, 0.717) is 6.61 Å². The van der Waals surface area contributed by atoms with E-state index in [1.807, 2.05) is 0 Å². The molecule has 0 aromatic carbocycles. The Morgan fingerprint density at radius 3 is 1.25 bits per heavy atom. The Balaban J connectivity index is -0.0000000643. The molecule has 0 atom stereocenters. The molecule has 0 unspecified atom stereocenters. The van der Waals surface area contributed by atoms with Crippen LogP contribution in [0.3, 0.4) is 0 Å². The van der Waals surface area contributed by atoms with Gasteiger partial charge in [0.1, 0.15) is 0 Å². The molecule has 1 N–H and O–H groups in total. The molecule has 0 saturated heterocycles. The minimum absolute atomic E-state index is 0.211. The molecule has 9 heteroatoms. The molecule has 0 aromatic heterocycles. The molecule has 16 heavy (non-hydrogen) atoms. The monoisotopic (exact) mass is 356 g/mol. The maximum absolute atomic E-state index is 9.82. The van der Waals surface area contributed by atoms with Crippen molar-refractivity contribution in [3.05, 3.63) is 0 Å². The van der Waals surface area contributed by atoms with Crippen molar-refractivity contribution in [2.24, 2.45) is 0 Å². The lowest BCUT2D eigenvalue weighted by molar-refractivity contribution is -0.140. The topological polar surface area (TPSA) is 46.5 Å². The SMILES string of the molecule is CCOC(C)=O.CO.ClC(Cl)Cl.ClC(Cl)Cl. The molecule has 0 aliphatic heterocycles. The van der Waals surface area contributed by atoms with Gasteiger partial charge >= 0.3 is 5.97 Å². The predicted octanol–water partition coefficient (Wildman–Crippen LogP) is 4.15. The normalized spacial score (nSPS) is 7.75. The molecule has 0 radical (unpaired) electrons. The van der Waals surface area contributed by atoms with Crippen LogP contribution in [0.25, 0.3) is 0 Å². The van der Waals surface area contributed by atoms with E-state index < -0.39 is 8.59 Å². The summed E-state index contributed by atoms with van der Waals surface area (Å²) in [7, 11) is 1.00. The number of hydrogen-bond donors (Lipinski definition) is 1. The first kappa shape index (κ1) is 25.9. The Kier molecular flexibility index (Phi) is 40.6.